The summed E-state index contributed by atoms with van der Waals surface area (Å²) in [7, 11) is 0. The lowest BCUT2D eigenvalue weighted by Gasteiger charge is -2.17. The van der Waals surface area contributed by atoms with Crippen LogP contribution >= 0.6 is 0 Å². The van der Waals surface area contributed by atoms with Crippen molar-refractivity contribution in [3.8, 4) is 5.75 Å². The van der Waals surface area contributed by atoms with E-state index < -0.39 is 0 Å². The molecule has 0 bridgehead atoms. The Morgan fingerprint density at radius 3 is 2.84 bits per heavy atom. The lowest BCUT2D eigenvalue weighted by atomic mass is 10.3. The predicted octanol–water partition coefficient (Wildman–Crippen LogP) is 1.88. The number of nitrogens with one attached hydrogen (secondary N) is 1. The first-order valence-corrected chi connectivity index (χ1v) is 6.50. The molecule has 5 heteroatoms. The van der Waals surface area contributed by atoms with Crippen LogP contribution in [0.15, 0.2) is 42.7 Å². The smallest absolute Gasteiger partial charge is 0.130 e. The molecular formula is C14H20N4O. The van der Waals surface area contributed by atoms with Gasteiger partial charge in [-0.05, 0) is 18.6 Å². The molecule has 1 unspecified atom stereocenters. The number of para-hydroxylation sites is 1. The number of nitrogens with two attached hydrogens (primary N) is 1. The minimum Gasteiger partial charge on any atom is -0.491 e. The van der Waals surface area contributed by atoms with Gasteiger partial charge in [-0.1, -0.05) is 25.1 Å². The van der Waals surface area contributed by atoms with E-state index in [2.05, 4.69) is 21.9 Å². The number of hydrogen-bond acceptors (Lipinski definition) is 4. The standard InChI is InChI=1S/C14H20N4O/c1-2-9-18-10-8-16-14(18)13(17-15)11-19-12-6-4-3-5-7-12/h3-8,10,13,17H,2,9,11,15H2,1H3. The molecule has 0 fully saturated rings. The molecule has 0 saturated heterocycles. The van der Waals surface area contributed by atoms with E-state index >= 15 is 0 Å². The van der Waals surface area contributed by atoms with Crippen molar-refractivity contribution < 1.29 is 4.74 Å². The van der Waals surface area contributed by atoms with Crippen molar-refractivity contribution in [3.63, 3.8) is 0 Å². The van der Waals surface area contributed by atoms with Gasteiger partial charge in [0.15, 0.2) is 0 Å². The average molecular weight is 260 g/mol. The van der Waals surface area contributed by atoms with Crippen LogP contribution in [-0.2, 0) is 6.54 Å². The molecule has 5 nitrogen and oxygen atoms in total. The van der Waals surface area contributed by atoms with Crippen LogP contribution in [0.25, 0.3) is 0 Å². The Hall–Kier alpha value is -1.85. The summed E-state index contributed by atoms with van der Waals surface area (Å²) in [6, 6.07) is 9.57. The van der Waals surface area contributed by atoms with Crippen LogP contribution in [0.2, 0.25) is 0 Å². The van der Waals surface area contributed by atoms with Gasteiger partial charge in [0.25, 0.3) is 0 Å². The number of hydrogen-bond donors (Lipinski definition) is 2. The van der Waals surface area contributed by atoms with E-state index in [1.807, 2.05) is 36.5 Å². The first-order valence-electron chi connectivity index (χ1n) is 6.50. The summed E-state index contributed by atoms with van der Waals surface area (Å²) in [6.07, 6.45) is 4.81. The Bertz CT molecular complexity index is 483. The SMILES string of the molecule is CCCn1ccnc1C(COc1ccccc1)NN. The zero-order valence-corrected chi connectivity index (χ0v) is 11.1. The van der Waals surface area contributed by atoms with Crippen molar-refractivity contribution >= 4 is 0 Å². The van der Waals surface area contributed by atoms with E-state index in [-0.39, 0.29) is 6.04 Å². The fourth-order valence-electron chi connectivity index (χ4n) is 1.95. The lowest BCUT2D eigenvalue weighted by Crippen LogP contribution is -2.34. The van der Waals surface area contributed by atoms with E-state index in [0.717, 1.165) is 24.5 Å². The van der Waals surface area contributed by atoms with E-state index in [9.17, 15) is 0 Å². The second-order valence-corrected chi connectivity index (χ2v) is 4.32. The van der Waals surface area contributed by atoms with E-state index in [1.165, 1.54) is 0 Å². The zero-order chi connectivity index (χ0) is 13.5. The second kappa shape index (κ2) is 6.92. The molecule has 0 radical (unpaired) electrons. The molecule has 1 heterocycles. The van der Waals surface area contributed by atoms with Gasteiger partial charge in [0.1, 0.15) is 24.2 Å². The average Bonchev–Trinajstić information content (AvgIpc) is 2.90. The largest absolute Gasteiger partial charge is 0.491 e. The van der Waals surface area contributed by atoms with Crippen LogP contribution in [-0.4, -0.2) is 16.2 Å². The minimum atomic E-state index is -0.123. The number of nitrogens with zero attached hydrogens (tertiary/aromatic N) is 2. The van der Waals surface area contributed by atoms with Crippen LogP contribution in [0.3, 0.4) is 0 Å². The summed E-state index contributed by atoms with van der Waals surface area (Å²) >= 11 is 0. The summed E-state index contributed by atoms with van der Waals surface area (Å²) in [5.41, 5.74) is 2.77. The molecule has 0 aliphatic carbocycles. The van der Waals surface area contributed by atoms with Crippen LogP contribution in [0.5, 0.6) is 5.75 Å². The third-order valence-electron chi connectivity index (χ3n) is 2.88. The fourth-order valence-corrected chi connectivity index (χ4v) is 1.95. The number of aromatic nitrogens is 2. The highest BCUT2D eigenvalue weighted by Crippen LogP contribution is 2.14. The molecule has 0 aliphatic heterocycles. The van der Waals surface area contributed by atoms with Crippen LogP contribution in [0, 0.1) is 0 Å². The van der Waals surface area contributed by atoms with Gasteiger partial charge in [0.2, 0.25) is 0 Å². The van der Waals surface area contributed by atoms with Gasteiger partial charge in [0, 0.05) is 18.9 Å². The van der Waals surface area contributed by atoms with Gasteiger partial charge >= 0.3 is 0 Å². The van der Waals surface area contributed by atoms with Crippen LogP contribution < -0.4 is 16.0 Å². The molecule has 1 aromatic carbocycles. The van der Waals surface area contributed by atoms with Gasteiger partial charge in [-0.25, -0.2) is 10.4 Å². The summed E-state index contributed by atoms with van der Waals surface area (Å²) in [5, 5.41) is 0. The van der Waals surface area contributed by atoms with Crippen molar-refractivity contribution in [2.45, 2.75) is 25.9 Å². The van der Waals surface area contributed by atoms with Gasteiger partial charge in [-0.15, -0.1) is 0 Å². The van der Waals surface area contributed by atoms with Crippen LogP contribution in [0.1, 0.15) is 25.2 Å². The number of rotatable bonds is 7. The molecule has 1 aromatic heterocycles. The maximum absolute atomic E-state index is 5.72. The molecule has 0 amide bonds. The van der Waals surface area contributed by atoms with Gasteiger partial charge in [0.05, 0.1) is 0 Å². The molecule has 0 aliphatic rings. The number of aryl methyl sites for hydroxylation is 1. The Morgan fingerprint density at radius 2 is 2.16 bits per heavy atom. The monoisotopic (exact) mass is 260 g/mol. The number of ether oxygens (including phenoxy) is 1. The van der Waals surface area contributed by atoms with E-state index in [1.54, 1.807) is 6.20 Å². The molecule has 2 aromatic rings. The van der Waals surface area contributed by atoms with Crippen LogP contribution in [0.4, 0.5) is 0 Å². The molecule has 0 spiro atoms. The highest BCUT2D eigenvalue weighted by molar-refractivity contribution is 5.21. The topological polar surface area (TPSA) is 65.1 Å². The number of benzene rings is 1. The summed E-state index contributed by atoms with van der Waals surface area (Å²) < 4.78 is 7.82. The maximum Gasteiger partial charge on any atom is 0.130 e. The van der Waals surface area contributed by atoms with Crippen molar-refractivity contribution in [1.82, 2.24) is 15.0 Å². The lowest BCUT2D eigenvalue weighted by molar-refractivity contribution is 0.258. The van der Waals surface area contributed by atoms with Gasteiger partial charge < -0.3 is 9.30 Å². The van der Waals surface area contributed by atoms with Crippen molar-refractivity contribution in [2.75, 3.05) is 6.61 Å². The molecule has 102 valence electrons. The fraction of sp³-hybridized carbons (Fsp3) is 0.357. The third kappa shape index (κ3) is 3.56. The minimum absolute atomic E-state index is 0.123. The highest BCUT2D eigenvalue weighted by Gasteiger charge is 2.16. The molecule has 19 heavy (non-hydrogen) atoms. The maximum atomic E-state index is 5.72. The van der Waals surface area contributed by atoms with Gasteiger partial charge in [-0.3, -0.25) is 5.84 Å². The summed E-state index contributed by atoms with van der Waals surface area (Å²) in [6.45, 7) is 3.51. The molecule has 3 N–H and O–H groups in total. The number of hydrazine groups is 1. The van der Waals surface area contributed by atoms with E-state index in [4.69, 9.17) is 10.6 Å². The zero-order valence-electron chi connectivity index (χ0n) is 11.1. The Balaban J connectivity index is 2.01. The van der Waals surface area contributed by atoms with Crippen molar-refractivity contribution in [1.29, 1.82) is 0 Å². The second-order valence-electron chi connectivity index (χ2n) is 4.32. The van der Waals surface area contributed by atoms with Crippen molar-refractivity contribution in [3.05, 3.63) is 48.5 Å². The summed E-state index contributed by atoms with van der Waals surface area (Å²) in [5.74, 6) is 7.34. The summed E-state index contributed by atoms with van der Waals surface area (Å²) in [4.78, 5) is 4.36. The Labute approximate surface area is 113 Å². The number of imidazole rings is 1. The first kappa shape index (κ1) is 13.6. The highest BCUT2D eigenvalue weighted by atomic mass is 16.5. The Kier molecular flexibility index (Phi) is 4.94. The third-order valence-corrected chi connectivity index (χ3v) is 2.88. The first-order chi connectivity index (χ1) is 9.35. The molecule has 1 atom stereocenters. The predicted molar refractivity (Wildman–Crippen MR) is 74.5 cm³/mol. The molecular weight excluding hydrogens is 240 g/mol. The van der Waals surface area contributed by atoms with Gasteiger partial charge in [-0.2, -0.15) is 0 Å². The molecule has 0 saturated carbocycles. The normalized spacial score (nSPS) is 12.3. The van der Waals surface area contributed by atoms with Crippen molar-refractivity contribution in [2.24, 2.45) is 5.84 Å². The van der Waals surface area contributed by atoms with E-state index in [0.29, 0.717) is 6.61 Å². The quantitative estimate of drug-likeness (QED) is 0.589. The molecule has 2 rings (SSSR count). The Morgan fingerprint density at radius 1 is 1.37 bits per heavy atom.